The van der Waals surface area contributed by atoms with Gasteiger partial charge >= 0.3 is 13.6 Å². The Morgan fingerprint density at radius 2 is 1.31 bits per heavy atom. The summed E-state index contributed by atoms with van der Waals surface area (Å²) in [5.41, 5.74) is 0. The zero-order valence-electron chi connectivity index (χ0n) is 25.8. The third-order valence-electron chi connectivity index (χ3n) is 7.55. The normalized spacial score (nSPS) is 19.4. The average molecular weight is 579 g/mol. The first kappa shape index (κ1) is 36.5. The summed E-state index contributed by atoms with van der Waals surface area (Å²) in [5, 5.41) is 7.99. The van der Waals surface area contributed by atoms with Gasteiger partial charge in [0.2, 0.25) is 5.34 Å². The summed E-state index contributed by atoms with van der Waals surface area (Å²) in [4.78, 5) is 12.0. The number of ether oxygens (including phenoxy) is 2. The molecule has 2 atom stereocenters. The summed E-state index contributed by atoms with van der Waals surface area (Å²) >= 11 is 0. The van der Waals surface area contributed by atoms with Gasteiger partial charge in [-0.3, -0.25) is 18.4 Å². The van der Waals surface area contributed by atoms with E-state index in [9.17, 15) is 14.5 Å². The molecule has 0 bridgehead atoms. The number of unbranched alkanes of at least 4 members (excludes halogenated alkanes) is 15. The van der Waals surface area contributed by atoms with E-state index in [0.29, 0.717) is 24.2 Å². The van der Waals surface area contributed by atoms with Crippen LogP contribution in [-0.2, 0) is 27.9 Å². The van der Waals surface area contributed by atoms with Crippen LogP contribution in [0.3, 0.4) is 0 Å². The Labute approximate surface area is 239 Å². The van der Waals surface area contributed by atoms with Crippen LogP contribution < -0.4 is 0 Å². The molecule has 9 heteroatoms. The summed E-state index contributed by atoms with van der Waals surface area (Å²) in [6, 6.07) is 0. The molecule has 1 aliphatic rings. The Hall–Kier alpha value is -0.500. The van der Waals surface area contributed by atoms with Gasteiger partial charge in [-0.15, -0.1) is 0 Å². The van der Waals surface area contributed by atoms with Crippen LogP contribution >= 0.6 is 7.60 Å². The molecule has 1 aliphatic heterocycles. The third kappa shape index (κ3) is 16.5. The van der Waals surface area contributed by atoms with Crippen LogP contribution in [0, 0.1) is 0 Å². The minimum Gasteiger partial charge on any atom is -0.446 e. The second-order valence-corrected chi connectivity index (χ2v) is 14.5. The number of quaternary nitrogens is 1. The van der Waals surface area contributed by atoms with Crippen molar-refractivity contribution < 1.29 is 37.5 Å². The summed E-state index contributed by atoms with van der Waals surface area (Å²) < 4.78 is 36.5. The number of carbonyl (C=O) groups is 1. The number of cyclic esters (lactones) is 1. The van der Waals surface area contributed by atoms with Gasteiger partial charge in [-0.25, -0.2) is 0 Å². The predicted octanol–water partition coefficient (Wildman–Crippen LogP) is 7.57. The molecule has 0 aliphatic carbocycles. The number of nitrogens with zero attached hydrogens (tertiary/aromatic N) is 1. The highest BCUT2D eigenvalue weighted by Crippen LogP contribution is 2.65. The Morgan fingerprint density at radius 3 is 1.74 bits per heavy atom. The number of esters is 1. The zero-order valence-corrected chi connectivity index (χ0v) is 26.7. The van der Waals surface area contributed by atoms with Crippen LogP contribution in [0.15, 0.2) is 0 Å². The minimum atomic E-state index is -3.90. The molecule has 0 aromatic carbocycles. The van der Waals surface area contributed by atoms with Crippen LogP contribution in [0.2, 0.25) is 0 Å². The van der Waals surface area contributed by atoms with Gasteiger partial charge in [0.15, 0.2) is 6.79 Å². The topological polar surface area (TPSA) is 91.3 Å². The van der Waals surface area contributed by atoms with Crippen molar-refractivity contribution >= 4 is 13.6 Å². The fraction of sp³-hybridized carbons (Fsp3) is 0.967. The lowest BCUT2D eigenvalue weighted by Crippen LogP contribution is -2.39. The van der Waals surface area contributed by atoms with E-state index in [0.717, 1.165) is 12.8 Å². The van der Waals surface area contributed by atoms with Gasteiger partial charge in [0.05, 0.1) is 34.2 Å². The molecule has 0 spiro atoms. The fourth-order valence-electron chi connectivity index (χ4n) is 4.99. The van der Waals surface area contributed by atoms with Crippen LogP contribution in [0.25, 0.3) is 0 Å². The van der Waals surface area contributed by atoms with E-state index in [4.69, 9.17) is 18.5 Å². The van der Waals surface area contributed by atoms with E-state index < -0.39 is 25.7 Å². The van der Waals surface area contributed by atoms with E-state index >= 15 is 0 Å². The van der Waals surface area contributed by atoms with Crippen molar-refractivity contribution in [1.82, 2.24) is 0 Å². The highest BCUT2D eigenvalue weighted by molar-refractivity contribution is 7.55. The van der Waals surface area contributed by atoms with Crippen molar-refractivity contribution in [2.45, 2.75) is 134 Å². The molecule has 0 aromatic rings. The van der Waals surface area contributed by atoms with Crippen molar-refractivity contribution in [2.75, 3.05) is 54.3 Å². The van der Waals surface area contributed by atoms with Gasteiger partial charge in [0.1, 0.15) is 13.2 Å². The Morgan fingerprint density at radius 1 is 0.795 bits per heavy atom. The highest BCUT2D eigenvalue weighted by atomic mass is 31.2. The van der Waals surface area contributed by atoms with Crippen molar-refractivity contribution in [3.8, 4) is 0 Å². The number of hydrogen-bond acceptors (Lipinski definition) is 7. The molecular weight excluding hydrogens is 517 g/mol. The first-order valence-corrected chi connectivity index (χ1v) is 17.3. The Kier molecular flexibility index (Phi) is 19.9. The molecule has 0 aromatic heterocycles. The van der Waals surface area contributed by atoms with Gasteiger partial charge in [0.25, 0.3) is 0 Å². The maximum absolute atomic E-state index is 13.6. The molecule has 1 rings (SSSR count). The van der Waals surface area contributed by atoms with Gasteiger partial charge in [-0.2, -0.15) is 0 Å². The SMILES string of the molecule is CCCCCCCCCCCCCCCCCCOCCC1(P(=O)(OCO)OCC[N+](C)(C)C)CCC(=O)O1. The second kappa shape index (κ2) is 21.2. The number of likely N-dealkylation sites (N-methyl/N-ethyl adjacent to an activating group) is 1. The number of carbonyl (C=O) groups excluding carboxylic acids is 1. The second-order valence-electron chi connectivity index (χ2n) is 12.2. The van der Waals surface area contributed by atoms with Crippen LogP contribution in [0.5, 0.6) is 0 Å². The lowest BCUT2D eigenvalue weighted by Gasteiger charge is -2.34. The molecule has 39 heavy (non-hydrogen) atoms. The number of rotatable bonds is 27. The van der Waals surface area contributed by atoms with Crippen LogP contribution in [0.1, 0.15) is 129 Å². The van der Waals surface area contributed by atoms with Gasteiger partial charge in [-0.1, -0.05) is 103 Å². The van der Waals surface area contributed by atoms with Crippen molar-refractivity contribution in [2.24, 2.45) is 0 Å². The third-order valence-corrected chi connectivity index (χ3v) is 10.1. The molecule has 1 heterocycles. The zero-order chi connectivity index (χ0) is 28.9. The van der Waals surface area contributed by atoms with Crippen molar-refractivity contribution in [3.05, 3.63) is 0 Å². The van der Waals surface area contributed by atoms with Gasteiger partial charge in [-0.05, 0) is 6.42 Å². The maximum atomic E-state index is 13.6. The smallest absolute Gasteiger partial charge is 0.376 e. The van der Waals surface area contributed by atoms with Gasteiger partial charge < -0.3 is 19.1 Å². The first-order chi connectivity index (χ1) is 18.7. The predicted molar refractivity (Wildman–Crippen MR) is 158 cm³/mol. The molecule has 0 radical (unpaired) electrons. The monoisotopic (exact) mass is 578 g/mol. The molecule has 1 N–H and O–H groups in total. The summed E-state index contributed by atoms with van der Waals surface area (Å²) in [6.45, 7) is 3.19. The molecule has 8 nitrogen and oxygen atoms in total. The molecule has 0 saturated carbocycles. The van der Waals surface area contributed by atoms with E-state index in [-0.39, 0.29) is 25.9 Å². The van der Waals surface area contributed by atoms with E-state index in [1.165, 1.54) is 89.9 Å². The van der Waals surface area contributed by atoms with Crippen LogP contribution in [-0.4, -0.2) is 75.2 Å². The van der Waals surface area contributed by atoms with E-state index in [1.54, 1.807) is 0 Å². The lowest BCUT2D eigenvalue weighted by molar-refractivity contribution is -0.870. The number of hydrogen-bond donors (Lipinski definition) is 1. The van der Waals surface area contributed by atoms with E-state index in [2.05, 4.69) is 6.92 Å². The quantitative estimate of drug-likeness (QED) is 0.0353. The van der Waals surface area contributed by atoms with Gasteiger partial charge in [0, 0.05) is 19.4 Å². The minimum absolute atomic E-state index is 0.149. The molecule has 1 saturated heterocycles. The highest BCUT2D eigenvalue weighted by Gasteiger charge is 2.57. The van der Waals surface area contributed by atoms with Crippen molar-refractivity contribution in [3.63, 3.8) is 0 Å². The average Bonchev–Trinajstić information content (AvgIpc) is 3.27. The molecule has 232 valence electrons. The molecule has 0 amide bonds. The fourth-order valence-corrected chi connectivity index (χ4v) is 6.97. The molecule has 2 unspecified atom stereocenters. The molecule has 1 fully saturated rings. The van der Waals surface area contributed by atoms with Crippen molar-refractivity contribution in [1.29, 1.82) is 0 Å². The summed E-state index contributed by atoms with van der Waals surface area (Å²) in [5.74, 6) is -0.426. The Balaban J connectivity index is 2.15. The summed E-state index contributed by atoms with van der Waals surface area (Å²) in [7, 11) is 2.10. The standard InChI is InChI=1S/C30H61NO7P/c1-5-6-7-8-9-10-11-12-13-14-15-16-17-18-19-20-25-35-26-23-30(22-21-29(33)38-30)39(34,37-28-32)36-27-24-31(2,3)4/h32H,5-28H2,1-4H3/q+1. The first-order valence-electron chi connectivity index (χ1n) is 15.8. The summed E-state index contributed by atoms with van der Waals surface area (Å²) in [6.07, 6.45) is 21.8. The molecular formula is C30H61NO7P+. The largest absolute Gasteiger partial charge is 0.446 e. The number of aliphatic hydroxyl groups is 1. The van der Waals surface area contributed by atoms with E-state index in [1.807, 2.05) is 21.1 Å². The lowest BCUT2D eigenvalue weighted by atomic mass is 10.0. The number of aliphatic hydroxyl groups excluding tert-OH is 1. The maximum Gasteiger partial charge on any atom is 0.376 e. The van der Waals surface area contributed by atoms with Crippen LogP contribution in [0.4, 0.5) is 0 Å². The Bertz CT molecular complexity index is 670.